The number of rotatable bonds is 4. The number of benzene rings is 2. The summed E-state index contributed by atoms with van der Waals surface area (Å²) in [6.07, 6.45) is 0. The van der Waals surface area contributed by atoms with Crippen LogP contribution in [0.25, 0.3) is 10.8 Å². The van der Waals surface area contributed by atoms with Crippen molar-refractivity contribution in [2.24, 2.45) is 10.2 Å². The van der Waals surface area contributed by atoms with Gasteiger partial charge in [-0.2, -0.15) is 13.4 Å². The van der Waals surface area contributed by atoms with Crippen LogP contribution in [-0.2, 0) is 10.1 Å². The second-order valence-corrected chi connectivity index (χ2v) is 6.14. The number of aromatic hydroxyl groups is 1. The number of carboxylic acid groups (broad SMARTS) is 1. The number of hydrogen-bond donors (Lipinski definition) is 4. The first-order valence-corrected chi connectivity index (χ1v) is 8.01. The molecule has 0 aliphatic heterocycles. The molecule has 0 atom stereocenters. The molecule has 128 valence electrons. The lowest BCUT2D eigenvalue weighted by Gasteiger charge is -2.07. The zero-order chi connectivity index (χ0) is 18.2. The van der Waals surface area contributed by atoms with Crippen LogP contribution in [0, 0.1) is 0 Å². The molecule has 0 saturated heterocycles. The first kappa shape index (κ1) is 16.5. The topological polar surface area (TPSA) is 178 Å². The lowest BCUT2D eigenvalue weighted by molar-refractivity contribution is 0.0684. The Bertz CT molecular complexity index is 1120. The van der Waals surface area contributed by atoms with Gasteiger partial charge >= 0.3 is 5.97 Å². The van der Waals surface area contributed by atoms with Crippen molar-refractivity contribution in [3.05, 3.63) is 36.2 Å². The molecule has 0 radical (unpaired) electrons. The first-order valence-electron chi connectivity index (χ1n) is 6.57. The number of azo groups is 1. The number of nitrogens with one attached hydrogen (secondary N) is 1. The first-order chi connectivity index (χ1) is 11.8. The highest BCUT2D eigenvalue weighted by Gasteiger charge is 2.19. The second kappa shape index (κ2) is 5.92. The third-order valence-electron chi connectivity index (χ3n) is 3.16. The fourth-order valence-corrected chi connectivity index (χ4v) is 2.81. The van der Waals surface area contributed by atoms with Gasteiger partial charge in [0.15, 0.2) is 5.75 Å². The highest BCUT2D eigenvalue weighted by Crippen LogP contribution is 2.39. The van der Waals surface area contributed by atoms with Crippen molar-refractivity contribution >= 4 is 38.5 Å². The molecule has 4 N–H and O–H groups in total. The smallest absolute Gasteiger partial charge is 0.373 e. The second-order valence-electron chi connectivity index (χ2n) is 4.75. The predicted octanol–water partition coefficient (Wildman–Crippen LogP) is 2.02. The van der Waals surface area contributed by atoms with Gasteiger partial charge in [-0.3, -0.25) is 9.65 Å². The highest BCUT2D eigenvalue weighted by atomic mass is 32.2. The van der Waals surface area contributed by atoms with E-state index in [9.17, 15) is 22.9 Å². The van der Waals surface area contributed by atoms with E-state index < -0.39 is 26.8 Å². The Morgan fingerprint density at radius 3 is 2.44 bits per heavy atom. The monoisotopic (exact) mass is 363 g/mol. The van der Waals surface area contributed by atoms with Crippen LogP contribution in [0.4, 0.5) is 11.6 Å². The van der Waals surface area contributed by atoms with Crippen LogP contribution in [0.1, 0.15) is 10.6 Å². The van der Waals surface area contributed by atoms with Gasteiger partial charge in [0, 0.05) is 10.8 Å². The predicted molar refractivity (Wildman–Crippen MR) is 82.9 cm³/mol. The van der Waals surface area contributed by atoms with Crippen LogP contribution >= 0.6 is 0 Å². The fraction of sp³-hybridized carbons (Fsp3) is 0. The van der Waals surface area contributed by atoms with Gasteiger partial charge in [-0.15, -0.1) is 15.3 Å². The molecule has 3 rings (SSSR count). The molecule has 25 heavy (non-hydrogen) atoms. The van der Waals surface area contributed by atoms with Crippen LogP contribution in [0.2, 0.25) is 0 Å². The van der Waals surface area contributed by atoms with Gasteiger partial charge in [-0.25, -0.2) is 4.79 Å². The Kier molecular flexibility index (Phi) is 3.90. The standard InChI is InChI=1S/C13H9N5O6S/c19-10-7-4-2-1-3-6(7)9(25(22,23)24)5-8(10)15-17-13-14-11(12(20)21)16-18-13/h1-5,19H,(H,20,21)(H,14,16,18)(H,22,23,24). The summed E-state index contributed by atoms with van der Waals surface area (Å²) in [5, 5.41) is 32.0. The lowest BCUT2D eigenvalue weighted by atomic mass is 10.1. The van der Waals surface area contributed by atoms with E-state index in [1.807, 2.05) is 0 Å². The maximum Gasteiger partial charge on any atom is 0.373 e. The van der Waals surface area contributed by atoms with Crippen molar-refractivity contribution in [1.29, 1.82) is 0 Å². The average molecular weight is 363 g/mol. The molecule has 1 heterocycles. The molecule has 1 aromatic heterocycles. The van der Waals surface area contributed by atoms with Gasteiger partial charge in [0.25, 0.3) is 16.1 Å². The molecular formula is C13H9N5O6S. The lowest BCUT2D eigenvalue weighted by Crippen LogP contribution is -1.99. The quantitative estimate of drug-likeness (QED) is 0.401. The third-order valence-corrected chi connectivity index (χ3v) is 4.05. The number of aromatic carboxylic acids is 1. The van der Waals surface area contributed by atoms with Crippen LogP contribution in [0.5, 0.6) is 5.75 Å². The molecule has 3 aromatic rings. The number of aromatic amines is 1. The van der Waals surface area contributed by atoms with E-state index in [1.54, 1.807) is 12.1 Å². The molecule has 2 aromatic carbocycles. The largest absolute Gasteiger partial charge is 0.505 e. The van der Waals surface area contributed by atoms with Gasteiger partial charge < -0.3 is 10.2 Å². The van der Waals surface area contributed by atoms with Crippen molar-refractivity contribution in [2.75, 3.05) is 0 Å². The van der Waals surface area contributed by atoms with E-state index in [-0.39, 0.29) is 28.2 Å². The van der Waals surface area contributed by atoms with Crippen molar-refractivity contribution < 1.29 is 28.0 Å². The minimum absolute atomic E-state index is 0.104. The van der Waals surface area contributed by atoms with Gasteiger partial charge in [0.1, 0.15) is 10.6 Å². The van der Waals surface area contributed by atoms with E-state index in [1.165, 1.54) is 12.1 Å². The molecule has 0 spiro atoms. The fourth-order valence-electron chi connectivity index (χ4n) is 2.09. The normalized spacial score (nSPS) is 12.0. The number of fused-ring (bicyclic) bond motifs is 1. The number of hydrogen-bond acceptors (Lipinski definition) is 8. The number of nitrogens with zero attached hydrogens (tertiary/aromatic N) is 4. The SMILES string of the molecule is O=C(O)c1nc(N=Nc2cc(S(=O)(=O)O)c3ccccc3c2O)n[nH]1. The van der Waals surface area contributed by atoms with E-state index in [2.05, 4.69) is 25.4 Å². The molecule has 0 amide bonds. The van der Waals surface area contributed by atoms with E-state index in [0.717, 1.165) is 6.07 Å². The van der Waals surface area contributed by atoms with Gasteiger partial charge in [0.2, 0.25) is 5.82 Å². The third kappa shape index (κ3) is 3.15. The molecule has 12 heteroatoms. The Morgan fingerprint density at radius 1 is 1.16 bits per heavy atom. The molecule has 0 fully saturated rings. The number of carbonyl (C=O) groups is 1. The molecule has 11 nitrogen and oxygen atoms in total. The van der Waals surface area contributed by atoms with Crippen molar-refractivity contribution in [1.82, 2.24) is 15.2 Å². The molecular weight excluding hydrogens is 354 g/mol. The van der Waals surface area contributed by atoms with Crippen molar-refractivity contribution in [3.63, 3.8) is 0 Å². The Hall–Kier alpha value is -3.38. The minimum Gasteiger partial charge on any atom is -0.505 e. The molecule has 0 unspecified atom stereocenters. The summed E-state index contributed by atoms with van der Waals surface area (Å²) >= 11 is 0. The average Bonchev–Trinajstić information content (AvgIpc) is 3.02. The number of aromatic nitrogens is 3. The summed E-state index contributed by atoms with van der Waals surface area (Å²) in [6.45, 7) is 0. The summed E-state index contributed by atoms with van der Waals surface area (Å²) in [5.74, 6) is -2.52. The van der Waals surface area contributed by atoms with E-state index in [0.29, 0.717) is 0 Å². The van der Waals surface area contributed by atoms with Crippen LogP contribution in [0.15, 0.2) is 45.5 Å². The van der Waals surface area contributed by atoms with Crippen LogP contribution < -0.4 is 0 Å². The highest BCUT2D eigenvalue weighted by molar-refractivity contribution is 7.86. The number of H-pyrrole nitrogens is 1. The van der Waals surface area contributed by atoms with Gasteiger partial charge in [0.05, 0.1) is 0 Å². The zero-order valence-electron chi connectivity index (χ0n) is 12.2. The van der Waals surface area contributed by atoms with E-state index in [4.69, 9.17) is 5.11 Å². The van der Waals surface area contributed by atoms with Gasteiger partial charge in [-0.1, -0.05) is 24.3 Å². The maximum absolute atomic E-state index is 11.6. The number of carboxylic acids is 1. The summed E-state index contributed by atoms with van der Waals surface area (Å²) < 4.78 is 32.5. The van der Waals surface area contributed by atoms with Crippen LogP contribution in [0.3, 0.4) is 0 Å². The Balaban J connectivity index is 2.14. The zero-order valence-corrected chi connectivity index (χ0v) is 13.0. The van der Waals surface area contributed by atoms with E-state index >= 15 is 0 Å². The summed E-state index contributed by atoms with van der Waals surface area (Å²) in [4.78, 5) is 13.8. The maximum atomic E-state index is 11.6. The summed E-state index contributed by atoms with van der Waals surface area (Å²) in [7, 11) is -4.59. The van der Waals surface area contributed by atoms with Crippen molar-refractivity contribution in [2.45, 2.75) is 4.90 Å². The number of phenols is 1. The van der Waals surface area contributed by atoms with Crippen molar-refractivity contribution in [3.8, 4) is 5.75 Å². The Morgan fingerprint density at radius 2 is 1.84 bits per heavy atom. The minimum atomic E-state index is -4.59. The molecule has 0 aliphatic carbocycles. The van der Waals surface area contributed by atoms with Crippen LogP contribution in [-0.4, -0.2) is 44.3 Å². The molecule has 0 bridgehead atoms. The van der Waals surface area contributed by atoms with Gasteiger partial charge in [-0.05, 0) is 6.07 Å². The Labute approximate surface area is 139 Å². The summed E-state index contributed by atoms with van der Waals surface area (Å²) in [5.41, 5.74) is -0.270. The molecule has 0 aliphatic rings. The number of phenolic OH excluding ortho intramolecular Hbond substituents is 1. The molecule has 0 saturated carbocycles. The summed E-state index contributed by atoms with van der Waals surface area (Å²) in [6, 6.07) is 6.88.